The Morgan fingerprint density at radius 3 is 0.800 bits per heavy atom. The van der Waals surface area contributed by atoms with Crippen molar-refractivity contribution in [2.75, 3.05) is 13.2 Å². The summed E-state index contributed by atoms with van der Waals surface area (Å²) in [6.07, 6.45) is 71.7. The Balaban J connectivity index is 4.12. The van der Waals surface area contributed by atoms with Gasteiger partial charge in [0.2, 0.25) is 0 Å². The summed E-state index contributed by atoms with van der Waals surface area (Å²) in [5.41, 5.74) is 0. The molecule has 0 aliphatic carbocycles. The van der Waals surface area contributed by atoms with E-state index in [0.717, 1.165) is 70.6 Å². The molecule has 0 fully saturated rings. The molecule has 410 valence electrons. The van der Waals surface area contributed by atoms with Gasteiger partial charge in [-0.25, -0.2) is 0 Å². The Kier molecular flexibility index (Phi) is 57.2. The molecule has 0 heterocycles. The van der Waals surface area contributed by atoms with Crippen molar-refractivity contribution < 1.29 is 28.6 Å². The number of unbranched alkanes of at least 4 members (excludes halogenated alkanes) is 40. The van der Waals surface area contributed by atoms with Crippen molar-refractivity contribution in [3.05, 3.63) is 36.5 Å². The molecule has 1 atom stereocenters. The van der Waals surface area contributed by atoms with E-state index in [2.05, 4.69) is 57.2 Å². The number of esters is 3. The SMILES string of the molecule is CCCCCCC/C=C\C/C=C\C/C=C\CCCCCCCCCCCCC(=O)OCC(COC(=O)CCCCCCCCC)OC(=O)CCCCCCCCCCCCCCCCCCCCCC. The molecular formula is C64H118O6. The van der Waals surface area contributed by atoms with Crippen molar-refractivity contribution >= 4 is 17.9 Å². The van der Waals surface area contributed by atoms with Gasteiger partial charge < -0.3 is 14.2 Å². The predicted molar refractivity (Wildman–Crippen MR) is 302 cm³/mol. The van der Waals surface area contributed by atoms with E-state index >= 15 is 0 Å². The third-order valence-electron chi connectivity index (χ3n) is 13.9. The minimum Gasteiger partial charge on any atom is -0.462 e. The van der Waals surface area contributed by atoms with Crippen LogP contribution in [0.25, 0.3) is 0 Å². The van der Waals surface area contributed by atoms with Gasteiger partial charge in [0.25, 0.3) is 0 Å². The zero-order valence-electron chi connectivity index (χ0n) is 47.1. The Hall–Kier alpha value is -2.37. The molecular weight excluding hydrogens is 865 g/mol. The molecule has 1 unspecified atom stereocenters. The van der Waals surface area contributed by atoms with Crippen LogP contribution in [0.1, 0.15) is 335 Å². The highest BCUT2D eigenvalue weighted by molar-refractivity contribution is 5.71. The molecule has 0 saturated heterocycles. The van der Waals surface area contributed by atoms with Gasteiger partial charge in [0.15, 0.2) is 6.10 Å². The van der Waals surface area contributed by atoms with Gasteiger partial charge in [-0.05, 0) is 57.8 Å². The zero-order valence-corrected chi connectivity index (χ0v) is 47.1. The van der Waals surface area contributed by atoms with E-state index in [4.69, 9.17) is 14.2 Å². The molecule has 6 nitrogen and oxygen atoms in total. The number of ether oxygens (including phenoxy) is 3. The van der Waals surface area contributed by atoms with Crippen LogP contribution in [0.3, 0.4) is 0 Å². The summed E-state index contributed by atoms with van der Waals surface area (Å²) in [6.45, 7) is 6.63. The predicted octanol–water partition coefficient (Wildman–Crippen LogP) is 20.8. The van der Waals surface area contributed by atoms with Crippen LogP contribution < -0.4 is 0 Å². The molecule has 6 heteroatoms. The fourth-order valence-corrected chi connectivity index (χ4v) is 9.22. The van der Waals surface area contributed by atoms with Gasteiger partial charge >= 0.3 is 17.9 Å². The van der Waals surface area contributed by atoms with E-state index in [1.54, 1.807) is 0 Å². The molecule has 0 aromatic rings. The summed E-state index contributed by atoms with van der Waals surface area (Å²) < 4.78 is 16.8. The van der Waals surface area contributed by atoms with Gasteiger partial charge in [0.05, 0.1) is 0 Å². The van der Waals surface area contributed by atoms with Gasteiger partial charge in [-0.3, -0.25) is 14.4 Å². The van der Waals surface area contributed by atoms with Gasteiger partial charge in [-0.15, -0.1) is 0 Å². The van der Waals surface area contributed by atoms with E-state index in [1.807, 2.05) is 0 Å². The maximum Gasteiger partial charge on any atom is 0.306 e. The van der Waals surface area contributed by atoms with E-state index in [1.165, 1.54) is 225 Å². The van der Waals surface area contributed by atoms with E-state index < -0.39 is 6.10 Å². The standard InChI is InChI=1S/C64H118O6/c1-4-7-10-13-16-18-20-22-24-26-28-30-31-32-33-34-36-37-39-41-43-45-48-51-54-57-63(66)69-60-61(59-68-62(65)56-53-50-47-15-12-9-6-3)70-64(67)58-55-52-49-46-44-42-40-38-35-29-27-25-23-21-19-17-14-11-8-5-2/h20,22,26,28,31-32,61H,4-19,21,23-25,27,29-30,33-60H2,1-3H3/b22-20-,28-26-,32-31-. The van der Waals surface area contributed by atoms with Crippen molar-refractivity contribution in [2.24, 2.45) is 0 Å². The number of hydrogen-bond donors (Lipinski definition) is 0. The summed E-state index contributed by atoms with van der Waals surface area (Å²) in [5, 5.41) is 0. The molecule has 0 radical (unpaired) electrons. The lowest BCUT2D eigenvalue weighted by Gasteiger charge is -2.18. The molecule has 70 heavy (non-hydrogen) atoms. The van der Waals surface area contributed by atoms with Crippen LogP contribution >= 0.6 is 0 Å². The first-order valence-electron chi connectivity index (χ1n) is 31.0. The number of hydrogen-bond acceptors (Lipinski definition) is 6. The Bertz CT molecular complexity index is 1170. The van der Waals surface area contributed by atoms with Gasteiger partial charge in [0, 0.05) is 19.3 Å². The molecule has 0 saturated carbocycles. The molecule has 0 N–H and O–H groups in total. The molecule has 0 aliphatic rings. The fourth-order valence-electron chi connectivity index (χ4n) is 9.22. The second kappa shape index (κ2) is 59.2. The highest BCUT2D eigenvalue weighted by Crippen LogP contribution is 2.17. The minimum absolute atomic E-state index is 0.0691. The molecule has 0 amide bonds. The van der Waals surface area contributed by atoms with E-state index in [9.17, 15) is 14.4 Å². The number of carbonyl (C=O) groups is 3. The highest BCUT2D eigenvalue weighted by atomic mass is 16.6. The second-order valence-electron chi connectivity index (χ2n) is 21.0. The van der Waals surface area contributed by atoms with Crippen LogP contribution in [0.2, 0.25) is 0 Å². The minimum atomic E-state index is -0.768. The third-order valence-corrected chi connectivity index (χ3v) is 13.9. The fraction of sp³-hybridized carbons (Fsp3) is 0.859. The lowest BCUT2D eigenvalue weighted by molar-refractivity contribution is -0.167. The van der Waals surface area contributed by atoms with E-state index in [-0.39, 0.29) is 31.1 Å². The molecule has 0 aliphatic heterocycles. The summed E-state index contributed by atoms with van der Waals surface area (Å²) >= 11 is 0. The normalized spacial score (nSPS) is 12.2. The van der Waals surface area contributed by atoms with Crippen molar-refractivity contribution in [1.82, 2.24) is 0 Å². The van der Waals surface area contributed by atoms with E-state index in [0.29, 0.717) is 19.3 Å². The summed E-state index contributed by atoms with van der Waals surface area (Å²) in [4.78, 5) is 38.0. The molecule has 0 spiro atoms. The maximum absolute atomic E-state index is 12.8. The van der Waals surface area contributed by atoms with Gasteiger partial charge in [-0.2, -0.15) is 0 Å². The van der Waals surface area contributed by atoms with Crippen LogP contribution in [-0.4, -0.2) is 37.2 Å². The quantitative estimate of drug-likeness (QED) is 0.0261. The molecule has 0 aromatic heterocycles. The van der Waals surface area contributed by atoms with Crippen molar-refractivity contribution in [1.29, 1.82) is 0 Å². The number of rotatable bonds is 57. The molecule has 0 aromatic carbocycles. The average Bonchev–Trinajstić information content (AvgIpc) is 3.36. The topological polar surface area (TPSA) is 78.9 Å². The average molecular weight is 984 g/mol. The first-order chi connectivity index (χ1) is 34.5. The van der Waals surface area contributed by atoms with Crippen LogP contribution in [0.4, 0.5) is 0 Å². The van der Waals surface area contributed by atoms with Crippen molar-refractivity contribution in [3.8, 4) is 0 Å². The van der Waals surface area contributed by atoms with Crippen LogP contribution in [0.15, 0.2) is 36.5 Å². The van der Waals surface area contributed by atoms with Crippen LogP contribution in [0, 0.1) is 0 Å². The first kappa shape index (κ1) is 67.6. The Labute approximate surface area is 435 Å². The van der Waals surface area contributed by atoms with Crippen molar-refractivity contribution in [3.63, 3.8) is 0 Å². The van der Waals surface area contributed by atoms with Crippen LogP contribution in [-0.2, 0) is 28.6 Å². The Morgan fingerprint density at radius 1 is 0.286 bits per heavy atom. The zero-order chi connectivity index (χ0) is 50.7. The third kappa shape index (κ3) is 56.5. The van der Waals surface area contributed by atoms with Crippen LogP contribution in [0.5, 0.6) is 0 Å². The lowest BCUT2D eigenvalue weighted by atomic mass is 10.0. The van der Waals surface area contributed by atoms with Gasteiger partial charge in [0.1, 0.15) is 13.2 Å². The highest BCUT2D eigenvalue weighted by Gasteiger charge is 2.19. The first-order valence-corrected chi connectivity index (χ1v) is 31.0. The summed E-state index contributed by atoms with van der Waals surface area (Å²) in [5.74, 6) is -0.859. The summed E-state index contributed by atoms with van der Waals surface area (Å²) in [6, 6.07) is 0. The van der Waals surface area contributed by atoms with Gasteiger partial charge in [-0.1, -0.05) is 295 Å². The largest absolute Gasteiger partial charge is 0.462 e. The molecule has 0 rings (SSSR count). The van der Waals surface area contributed by atoms with Crippen molar-refractivity contribution in [2.45, 2.75) is 341 Å². The molecule has 0 bridgehead atoms. The summed E-state index contributed by atoms with van der Waals surface area (Å²) in [7, 11) is 0. The maximum atomic E-state index is 12.8. The monoisotopic (exact) mass is 983 g/mol. The Morgan fingerprint density at radius 2 is 0.514 bits per heavy atom. The second-order valence-corrected chi connectivity index (χ2v) is 21.0. The number of allylic oxidation sites excluding steroid dienone is 6. The lowest BCUT2D eigenvalue weighted by Crippen LogP contribution is -2.30. The smallest absolute Gasteiger partial charge is 0.306 e. The number of carbonyl (C=O) groups excluding carboxylic acids is 3.